The van der Waals surface area contributed by atoms with Gasteiger partial charge in [-0.25, -0.2) is 4.98 Å². The number of nitrogens with zero attached hydrogens (tertiary/aromatic N) is 2. The van der Waals surface area contributed by atoms with Crippen molar-refractivity contribution >= 4 is 17.2 Å². The van der Waals surface area contributed by atoms with Crippen molar-refractivity contribution in [1.29, 1.82) is 0 Å². The van der Waals surface area contributed by atoms with Gasteiger partial charge in [-0.15, -0.1) is 11.3 Å². The molecule has 2 N–H and O–H groups in total. The van der Waals surface area contributed by atoms with E-state index in [-0.39, 0.29) is 0 Å². The molecule has 0 fully saturated rings. The Labute approximate surface area is 120 Å². The van der Waals surface area contributed by atoms with Crippen molar-refractivity contribution in [2.45, 2.75) is 13.8 Å². The summed E-state index contributed by atoms with van der Waals surface area (Å²) in [5.41, 5.74) is 6.03. The first-order valence-electron chi connectivity index (χ1n) is 6.01. The van der Waals surface area contributed by atoms with Gasteiger partial charge in [0.25, 0.3) is 5.91 Å². The van der Waals surface area contributed by atoms with Crippen molar-refractivity contribution in [3.63, 3.8) is 0 Å². The first kappa shape index (κ1) is 14.3. The maximum atomic E-state index is 11.4. The standard InChI is InChI=1S/C13H15N3O3S/c1-4-19-9-6-10(20-12(9)13(14)17)8-5-11(18-3)16-7(2)15-8/h5-6H,4H2,1-3H3,(H2,14,17). The van der Waals surface area contributed by atoms with Gasteiger partial charge in [0.2, 0.25) is 5.88 Å². The van der Waals surface area contributed by atoms with E-state index in [0.717, 1.165) is 4.88 Å². The van der Waals surface area contributed by atoms with Crippen LogP contribution in [0.1, 0.15) is 22.4 Å². The average molecular weight is 293 g/mol. The summed E-state index contributed by atoms with van der Waals surface area (Å²) in [7, 11) is 1.54. The first-order chi connectivity index (χ1) is 9.55. The van der Waals surface area contributed by atoms with Crippen LogP contribution in [0, 0.1) is 6.92 Å². The van der Waals surface area contributed by atoms with Crippen molar-refractivity contribution in [2.75, 3.05) is 13.7 Å². The maximum Gasteiger partial charge on any atom is 0.262 e. The molecule has 106 valence electrons. The smallest absolute Gasteiger partial charge is 0.262 e. The minimum absolute atomic E-state index is 0.386. The van der Waals surface area contributed by atoms with Crippen LogP contribution in [-0.4, -0.2) is 29.6 Å². The largest absolute Gasteiger partial charge is 0.492 e. The van der Waals surface area contributed by atoms with E-state index in [2.05, 4.69) is 9.97 Å². The molecular weight excluding hydrogens is 278 g/mol. The van der Waals surface area contributed by atoms with Gasteiger partial charge in [-0.1, -0.05) is 0 Å². The van der Waals surface area contributed by atoms with Crippen LogP contribution in [0.2, 0.25) is 0 Å². The zero-order valence-corrected chi connectivity index (χ0v) is 12.3. The number of aromatic nitrogens is 2. The van der Waals surface area contributed by atoms with Gasteiger partial charge >= 0.3 is 0 Å². The van der Waals surface area contributed by atoms with E-state index in [1.807, 2.05) is 6.92 Å². The topological polar surface area (TPSA) is 87.3 Å². The second kappa shape index (κ2) is 5.87. The van der Waals surface area contributed by atoms with E-state index in [1.54, 1.807) is 26.2 Å². The van der Waals surface area contributed by atoms with Crippen molar-refractivity contribution in [2.24, 2.45) is 5.73 Å². The minimum atomic E-state index is -0.512. The minimum Gasteiger partial charge on any atom is -0.492 e. The van der Waals surface area contributed by atoms with E-state index in [0.29, 0.717) is 34.6 Å². The molecule has 2 aromatic heterocycles. The second-order valence-corrected chi connectivity index (χ2v) is 5.00. The van der Waals surface area contributed by atoms with Crippen LogP contribution in [0.4, 0.5) is 0 Å². The number of primary amides is 1. The van der Waals surface area contributed by atoms with Crippen molar-refractivity contribution in [3.8, 4) is 22.2 Å². The molecule has 7 heteroatoms. The SMILES string of the molecule is CCOc1cc(-c2cc(OC)nc(C)n2)sc1C(N)=O. The molecule has 0 saturated carbocycles. The predicted octanol–water partition coefficient (Wildman–Crippen LogP) is 2.02. The van der Waals surface area contributed by atoms with Gasteiger partial charge in [0.1, 0.15) is 16.5 Å². The first-order valence-corrected chi connectivity index (χ1v) is 6.83. The summed E-state index contributed by atoms with van der Waals surface area (Å²) in [5.74, 6) is 1.03. The van der Waals surface area contributed by atoms with Gasteiger partial charge in [0.05, 0.1) is 24.3 Å². The van der Waals surface area contributed by atoms with Gasteiger partial charge in [0, 0.05) is 12.1 Å². The van der Waals surface area contributed by atoms with Gasteiger partial charge in [-0.3, -0.25) is 4.79 Å². The Morgan fingerprint density at radius 2 is 2.15 bits per heavy atom. The number of nitrogens with two attached hydrogens (primary N) is 1. The van der Waals surface area contributed by atoms with Gasteiger partial charge in [-0.05, 0) is 13.8 Å². The number of rotatable bonds is 5. The Kier molecular flexibility index (Phi) is 4.19. The number of aryl methyl sites for hydroxylation is 1. The second-order valence-electron chi connectivity index (χ2n) is 3.94. The average Bonchev–Trinajstić information content (AvgIpc) is 2.82. The van der Waals surface area contributed by atoms with Crippen LogP contribution in [0.3, 0.4) is 0 Å². The molecule has 0 atom stereocenters. The highest BCUT2D eigenvalue weighted by Gasteiger charge is 2.17. The molecule has 6 nitrogen and oxygen atoms in total. The molecule has 0 aliphatic heterocycles. The molecule has 0 saturated heterocycles. The fourth-order valence-electron chi connectivity index (χ4n) is 1.71. The number of amides is 1. The molecule has 0 unspecified atom stereocenters. The molecule has 1 amide bonds. The third kappa shape index (κ3) is 2.88. The molecule has 0 aliphatic rings. The molecule has 0 bridgehead atoms. The van der Waals surface area contributed by atoms with Crippen molar-refractivity contribution < 1.29 is 14.3 Å². The Bertz CT molecular complexity index is 640. The summed E-state index contributed by atoms with van der Waals surface area (Å²) in [6, 6.07) is 3.47. The van der Waals surface area contributed by atoms with Crippen molar-refractivity contribution in [1.82, 2.24) is 9.97 Å². The predicted molar refractivity (Wildman–Crippen MR) is 76.3 cm³/mol. The Hall–Kier alpha value is -2.15. The molecule has 20 heavy (non-hydrogen) atoms. The lowest BCUT2D eigenvalue weighted by Gasteiger charge is -2.02. The third-order valence-electron chi connectivity index (χ3n) is 2.50. The molecule has 2 heterocycles. The number of carbonyl (C=O) groups excluding carboxylic acids is 1. The van der Waals surface area contributed by atoms with Crippen LogP contribution in [0.15, 0.2) is 12.1 Å². The fraction of sp³-hybridized carbons (Fsp3) is 0.308. The number of hydrogen-bond donors (Lipinski definition) is 1. The van der Waals surface area contributed by atoms with Gasteiger partial charge in [0.15, 0.2) is 0 Å². The molecule has 2 rings (SSSR count). The zero-order valence-electron chi connectivity index (χ0n) is 11.5. The molecule has 0 aromatic carbocycles. The Morgan fingerprint density at radius 3 is 2.75 bits per heavy atom. The molecule has 0 aliphatic carbocycles. The van der Waals surface area contributed by atoms with E-state index in [1.165, 1.54) is 11.3 Å². The van der Waals surface area contributed by atoms with E-state index >= 15 is 0 Å². The lowest BCUT2D eigenvalue weighted by molar-refractivity contribution is 0.100. The molecule has 2 aromatic rings. The normalized spacial score (nSPS) is 10.3. The van der Waals surface area contributed by atoms with Crippen LogP contribution < -0.4 is 15.2 Å². The van der Waals surface area contributed by atoms with E-state index in [4.69, 9.17) is 15.2 Å². The van der Waals surface area contributed by atoms with Crippen LogP contribution in [-0.2, 0) is 0 Å². The summed E-state index contributed by atoms with van der Waals surface area (Å²) in [6.07, 6.45) is 0. The maximum absolute atomic E-state index is 11.4. The third-order valence-corrected chi connectivity index (χ3v) is 3.65. The number of carbonyl (C=O) groups is 1. The summed E-state index contributed by atoms with van der Waals surface area (Å²) in [4.78, 5) is 21.1. The van der Waals surface area contributed by atoms with Crippen LogP contribution in [0.25, 0.3) is 10.6 Å². The van der Waals surface area contributed by atoms with Crippen LogP contribution in [0.5, 0.6) is 11.6 Å². The van der Waals surface area contributed by atoms with E-state index < -0.39 is 5.91 Å². The number of hydrogen-bond acceptors (Lipinski definition) is 6. The molecule has 0 radical (unpaired) electrons. The Morgan fingerprint density at radius 1 is 1.40 bits per heavy atom. The monoisotopic (exact) mass is 293 g/mol. The number of thiophene rings is 1. The van der Waals surface area contributed by atoms with Gasteiger partial charge < -0.3 is 15.2 Å². The number of methoxy groups -OCH3 is 1. The lowest BCUT2D eigenvalue weighted by atomic mass is 10.3. The summed E-state index contributed by atoms with van der Waals surface area (Å²) < 4.78 is 10.5. The van der Waals surface area contributed by atoms with Gasteiger partial charge in [-0.2, -0.15) is 4.98 Å². The molecule has 0 spiro atoms. The van der Waals surface area contributed by atoms with E-state index in [9.17, 15) is 4.79 Å². The van der Waals surface area contributed by atoms with Crippen molar-refractivity contribution in [3.05, 3.63) is 22.8 Å². The lowest BCUT2D eigenvalue weighted by Crippen LogP contribution is -2.10. The Balaban J connectivity index is 2.49. The summed E-state index contributed by atoms with van der Waals surface area (Å²) in [5, 5.41) is 0. The molecular formula is C13H15N3O3S. The highest BCUT2D eigenvalue weighted by molar-refractivity contribution is 7.17. The van der Waals surface area contributed by atoms with Crippen LogP contribution >= 0.6 is 11.3 Å². The summed E-state index contributed by atoms with van der Waals surface area (Å²) in [6.45, 7) is 4.08. The highest BCUT2D eigenvalue weighted by Crippen LogP contribution is 2.36. The zero-order chi connectivity index (χ0) is 14.7. The quantitative estimate of drug-likeness (QED) is 0.911. The fourth-order valence-corrected chi connectivity index (χ4v) is 2.62. The number of ether oxygens (including phenoxy) is 2. The summed E-state index contributed by atoms with van der Waals surface area (Å²) >= 11 is 1.24. The highest BCUT2D eigenvalue weighted by atomic mass is 32.1.